The maximum absolute atomic E-state index is 13.3. The predicted molar refractivity (Wildman–Crippen MR) is 119 cm³/mol. The number of hydrogen-bond donors (Lipinski definition) is 4. The van der Waals surface area contributed by atoms with Crippen LogP contribution >= 0.6 is 0 Å². The van der Waals surface area contributed by atoms with Crippen molar-refractivity contribution < 1.29 is 28.2 Å². The van der Waals surface area contributed by atoms with Gasteiger partial charge < -0.3 is 20.4 Å². The first-order valence-electron chi connectivity index (χ1n) is 10.4. The number of phenolic OH excluding ortho intramolecular Hbond substituents is 2. The van der Waals surface area contributed by atoms with Gasteiger partial charge in [-0.2, -0.15) is 23.4 Å². The molecule has 180 valence electrons. The molecule has 0 unspecified atom stereocenters. The zero-order chi connectivity index (χ0) is 24.9. The molecule has 0 aliphatic carbocycles. The number of halogens is 3. The van der Waals surface area contributed by atoms with Crippen molar-refractivity contribution in [3.05, 3.63) is 71.0 Å². The molecule has 2 aromatic carbocycles. The van der Waals surface area contributed by atoms with E-state index in [1.54, 1.807) is 19.3 Å². The van der Waals surface area contributed by atoms with E-state index in [4.69, 9.17) is 0 Å². The summed E-state index contributed by atoms with van der Waals surface area (Å²) in [5.74, 6) is -0.742. The summed E-state index contributed by atoms with van der Waals surface area (Å²) in [4.78, 5) is 14.8. The molecule has 5 rings (SSSR count). The highest BCUT2D eigenvalue weighted by Gasteiger charge is 2.31. The third kappa shape index (κ3) is 4.14. The molecule has 9 nitrogen and oxygen atoms in total. The first kappa shape index (κ1) is 22.3. The summed E-state index contributed by atoms with van der Waals surface area (Å²) < 4.78 is 40.0. The Bertz CT molecular complexity index is 1410. The highest BCUT2D eigenvalue weighted by molar-refractivity contribution is 6.03. The molecular weight excluding hydrogens is 465 g/mol. The summed E-state index contributed by atoms with van der Waals surface area (Å²) in [7, 11) is 1.61. The van der Waals surface area contributed by atoms with Crippen LogP contribution in [0.2, 0.25) is 0 Å². The van der Waals surface area contributed by atoms with Crippen LogP contribution < -0.4 is 5.32 Å². The van der Waals surface area contributed by atoms with Gasteiger partial charge in [-0.1, -0.05) is 12.1 Å². The predicted octanol–water partition coefficient (Wildman–Crippen LogP) is 4.14. The molecule has 4 aromatic rings. The van der Waals surface area contributed by atoms with Gasteiger partial charge in [-0.3, -0.25) is 14.6 Å². The Balaban J connectivity index is 1.44. The minimum atomic E-state index is -4.44. The second-order valence-electron chi connectivity index (χ2n) is 8.16. The van der Waals surface area contributed by atoms with Gasteiger partial charge in [0.15, 0.2) is 0 Å². The number of anilines is 2. The van der Waals surface area contributed by atoms with Gasteiger partial charge in [0.25, 0.3) is 5.91 Å². The quantitative estimate of drug-likeness (QED) is 0.346. The van der Waals surface area contributed by atoms with Crippen LogP contribution in [0.3, 0.4) is 0 Å². The molecule has 3 heterocycles. The maximum atomic E-state index is 13.3. The zero-order valence-corrected chi connectivity index (χ0v) is 18.3. The summed E-state index contributed by atoms with van der Waals surface area (Å²) >= 11 is 0. The van der Waals surface area contributed by atoms with Crippen LogP contribution in [-0.4, -0.2) is 41.0 Å². The molecule has 0 saturated heterocycles. The molecule has 0 atom stereocenters. The van der Waals surface area contributed by atoms with Crippen molar-refractivity contribution >= 4 is 17.4 Å². The van der Waals surface area contributed by atoms with Gasteiger partial charge in [-0.15, -0.1) is 0 Å². The second-order valence-corrected chi connectivity index (χ2v) is 8.16. The van der Waals surface area contributed by atoms with Crippen LogP contribution in [0, 0.1) is 0 Å². The second kappa shape index (κ2) is 8.08. The number of aromatic hydroxyl groups is 2. The monoisotopic (exact) mass is 484 g/mol. The Hall–Kier alpha value is -4.48. The third-order valence-electron chi connectivity index (χ3n) is 5.77. The van der Waals surface area contributed by atoms with Crippen molar-refractivity contribution in [2.45, 2.75) is 19.3 Å². The summed E-state index contributed by atoms with van der Waals surface area (Å²) in [6.07, 6.45) is -2.81. The molecule has 1 amide bonds. The summed E-state index contributed by atoms with van der Waals surface area (Å²) in [6, 6.07) is 8.55. The number of benzene rings is 2. The number of phenols is 2. The highest BCUT2D eigenvalue weighted by atomic mass is 19.4. The van der Waals surface area contributed by atoms with Crippen LogP contribution in [0.4, 0.5) is 24.7 Å². The topological polar surface area (TPSA) is 119 Å². The number of nitrogens with one attached hydrogen (secondary N) is 2. The van der Waals surface area contributed by atoms with E-state index >= 15 is 0 Å². The summed E-state index contributed by atoms with van der Waals surface area (Å²) in [6.45, 7) is 0.603. The average Bonchev–Trinajstić information content (AvgIpc) is 3.48. The van der Waals surface area contributed by atoms with E-state index in [9.17, 15) is 28.2 Å². The van der Waals surface area contributed by atoms with E-state index in [1.807, 2.05) is 0 Å². The van der Waals surface area contributed by atoms with Gasteiger partial charge in [-0.25, -0.2) is 0 Å². The largest absolute Gasteiger partial charge is 0.508 e. The average molecular weight is 484 g/mol. The molecule has 2 aromatic heterocycles. The fraction of sp³-hybridized carbons (Fsp3) is 0.174. The number of aryl methyl sites for hydroxylation is 1. The number of alkyl halides is 3. The van der Waals surface area contributed by atoms with Crippen molar-refractivity contribution in [3.63, 3.8) is 0 Å². The normalized spacial score (nSPS) is 13.2. The van der Waals surface area contributed by atoms with Gasteiger partial charge >= 0.3 is 6.18 Å². The molecule has 12 heteroatoms. The fourth-order valence-electron chi connectivity index (χ4n) is 3.99. The first-order valence-corrected chi connectivity index (χ1v) is 10.4. The Labute approximate surface area is 196 Å². The van der Waals surface area contributed by atoms with E-state index in [0.29, 0.717) is 23.6 Å². The van der Waals surface area contributed by atoms with Gasteiger partial charge in [0, 0.05) is 42.9 Å². The molecular formula is C23H19F3N6O3. The molecule has 0 radical (unpaired) electrons. The van der Waals surface area contributed by atoms with Gasteiger partial charge in [0.1, 0.15) is 22.9 Å². The SMILES string of the molecule is Cn1nc(-c2ccc(C(F)(F)F)cc2)cc1Nc1cc(O)cc(O)c1C(=O)N1Cc2cn[nH]c2C1. The number of carbonyl (C=O) groups excluding carboxylic acids is 1. The summed E-state index contributed by atoms with van der Waals surface area (Å²) in [5, 5.41) is 34.7. The van der Waals surface area contributed by atoms with Crippen LogP contribution in [0.5, 0.6) is 11.5 Å². The number of carbonyl (C=O) groups is 1. The van der Waals surface area contributed by atoms with Gasteiger partial charge in [0.2, 0.25) is 0 Å². The molecule has 0 fully saturated rings. The minimum absolute atomic E-state index is 0.0433. The molecule has 35 heavy (non-hydrogen) atoms. The van der Waals surface area contributed by atoms with Crippen LogP contribution in [0.1, 0.15) is 27.2 Å². The molecule has 0 spiro atoms. The number of nitrogens with zero attached hydrogens (tertiary/aromatic N) is 4. The zero-order valence-electron chi connectivity index (χ0n) is 18.3. The fourth-order valence-corrected chi connectivity index (χ4v) is 3.99. The van der Waals surface area contributed by atoms with Crippen LogP contribution in [0.15, 0.2) is 48.7 Å². The highest BCUT2D eigenvalue weighted by Crippen LogP contribution is 2.36. The molecule has 1 aliphatic rings. The molecule has 0 saturated carbocycles. The number of hydrogen-bond acceptors (Lipinski definition) is 6. The van der Waals surface area contributed by atoms with Gasteiger partial charge in [0.05, 0.1) is 35.4 Å². The maximum Gasteiger partial charge on any atom is 0.416 e. The van der Waals surface area contributed by atoms with E-state index in [1.165, 1.54) is 27.8 Å². The molecule has 1 aliphatic heterocycles. The lowest BCUT2D eigenvalue weighted by molar-refractivity contribution is -0.137. The molecule has 4 N–H and O–H groups in total. The smallest absolute Gasteiger partial charge is 0.416 e. The molecule has 0 bridgehead atoms. The number of rotatable bonds is 4. The lowest BCUT2D eigenvalue weighted by Crippen LogP contribution is -2.26. The Morgan fingerprint density at radius 1 is 1.11 bits per heavy atom. The number of fused-ring (bicyclic) bond motifs is 1. The first-order chi connectivity index (χ1) is 16.6. The van der Waals surface area contributed by atoms with Crippen molar-refractivity contribution in [3.8, 4) is 22.8 Å². The Morgan fingerprint density at radius 2 is 1.86 bits per heavy atom. The number of aromatic nitrogens is 4. The Morgan fingerprint density at radius 3 is 2.54 bits per heavy atom. The van der Waals surface area contributed by atoms with E-state index in [-0.39, 0.29) is 23.5 Å². The van der Waals surface area contributed by atoms with Gasteiger partial charge in [-0.05, 0) is 12.1 Å². The van der Waals surface area contributed by atoms with Crippen molar-refractivity contribution in [1.29, 1.82) is 0 Å². The van der Waals surface area contributed by atoms with Crippen LogP contribution in [0.25, 0.3) is 11.3 Å². The lowest BCUT2D eigenvalue weighted by atomic mass is 10.1. The number of aromatic amines is 1. The lowest BCUT2D eigenvalue weighted by Gasteiger charge is -2.19. The standard InChI is InChI=1S/C23H19F3N6O3/c1-31-20(8-16(30-31)12-2-4-14(5-3-12)23(24,25)26)28-17-6-15(33)7-19(34)21(17)22(35)32-10-13-9-27-29-18(13)11-32/h2-9,28,33-34H,10-11H2,1H3,(H,27,29). The van der Waals surface area contributed by atoms with E-state index in [2.05, 4.69) is 20.6 Å². The van der Waals surface area contributed by atoms with Crippen molar-refractivity contribution in [2.75, 3.05) is 5.32 Å². The summed E-state index contributed by atoms with van der Waals surface area (Å²) in [5.41, 5.74) is 1.87. The van der Waals surface area contributed by atoms with Crippen molar-refractivity contribution in [1.82, 2.24) is 24.9 Å². The number of amides is 1. The van der Waals surface area contributed by atoms with Crippen LogP contribution in [-0.2, 0) is 26.3 Å². The van der Waals surface area contributed by atoms with E-state index in [0.717, 1.165) is 29.5 Å². The number of H-pyrrole nitrogens is 1. The third-order valence-corrected chi connectivity index (χ3v) is 5.77. The minimum Gasteiger partial charge on any atom is -0.508 e. The Kier molecular flexibility index (Phi) is 5.15. The van der Waals surface area contributed by atoms with E-state index < -0.39 is 23.4 Å². The van der Waals surface area contributed by atoms with Crippen molar-refractivity contribution in [2.24, 2.45) is 7.05 Å².